The van der Waals surface area contributed by atoms with E-state index in [0.717, 1.165) is 32.5 Å². The number of rotatable bonds is 12. The van der Waals surface area contributed by atoms with Crippen LogP contribution in [0.4, 0.5) is 10.5 Å². The number of anilines is 1. The number of nitrogens with zero attached hydrogens (tertiary/aromatic N) is 1. The van der Waals surface area contributed by atoms with Crippen LogP contribution in [0.5, 0.6) is 5.75 Å². The molecule has 2 saturated carbocycles. The van der Waals surface area contributed by atoms with E-state index in [9.17, 15) is 4.79 Å². The number of carbonyl (C=O) groups excluding carboxylic acids is 1. The predicted octanol–water partition coefficient (Wildman–Crippen LogP) is 6.98. The van der Waals surface area contributed by atoms with E-state index >= 15 is 0 Å². The maximum atomic E-state index is 13.1. The molecule has 0 spiro atoms. The van der Waals surface area contributed by atoms with Gasteiger partial charge in [-0.05, 0) is 55.8 Å². The lowest BCUT2D eigenvalue weighted by Crippen LogP contribution is -2.45. The molecule has 4 atom stereocenters. The Morgan fingerprint density at radius 1 is 1.09 bits per heavy atom. The summed E-state index contributed by atoms with van der Waals surface area (Å²) in [6, 6.07) is 7.67. The van der Waals surface area contributed by atoms with Gasteiger partial charge in [-0.1, -0.05) is 72.9 Å². The molecule has 1 aromatic rings. The van der Waals surface area contributed by atoms with Gasteiger partial charge in [-0.2, -0.15) is 0 Å². The molecule has 1 N–H and O–H groups in total. The van der Waals surface area contributed by atoms with Crippen LogP contribution >= 0.6 is 0 Å². The van der Waals surface area contributed by atoms with E-state index in [-0.39, 0.29) is 23.0 Å². The molecular weight excluding hydrogens is 412 g/mol. The summed E-state index contributed by atoms with van der Waals surface area (Å²) in [6.07, 6.45) is 6.53. The number of amides is 1. The van der Waals surface area contributed by atoms with Gasteiger partial charge in [-0.25, -0.2) is 4.79 Å². The zero-order valence-corrected chi connectivity index (χ0v) is 21.8. The Kier molecular flexibility index (Phi) is 8.71. The second-order valence-electron chi connectivity index (χ2n) is 10.8. The van der Waals surface area contributed by atoms with Gasteiger partial charge in [0.1, 0.15) is 11.9 Å². The third-order valence-electron chi connectivity index (χ3n) is 8.88. The Bertz CT molecular complexity index is 776. The number of carbonyl (C=O) groups is 1. The number of nitrogens with one attached hydrogen (secondary N) is 1. The van der Waals surface area contributed by atoms with Crippen LogP contribution in [0.1, 0.15) is 80.1 Å². The molecule has 0 unspecified atom stereocenters. The van der Waals surface area contributed by atoms with Gasteiger partial charge in [0.25, 0.3) is 0 Å². The molecule has 5 nitrogen and oxygen atoms in total. The molecule has 0 radical (unpaired) electrons. The van der Waals surface area contributed by atoms with E-state index in [1.165, 1.54) is 25.7 Å². The van der Waals surface area contributed by atoms with Crippen molar-refractivity contribution in [2.24, 2.45) is 22.7 Å². The van der Waals surface area contributed by atoms with Crippen LogP contribution in [0.2, 0.25) is 0 Å². The largest absolute Gasteiger partial charge is 0.491 e. The second kappa shape index (κ2) is 11.1. The smallest absolute Gasteiger partial charge is 0.412 e. The maximum Gasteiger partial charge on any atom is 0.412 e. The highest BCUT2D eigenvalue weighted by Gasteiger charge is 2.67. The average molecular weight is 459 g/mol. The van der Waals surface area contributed by atoms with Gasteiger partial charge >= 0.3 is 6.09 Å². The minimum absolute atomic E-state index is 0.00210. The van der Waals surface area contributed by atoms with E-state index in [0.29, 0.717) is 29.9 Å². The molecular formula is C28H46N2O3. The molecule has 1 aromatic carbocycles. The van der Waals surface area contributed by atoms with Gasteiger partial charge in [0, 0.05) is 17.9 Å². The molecule has 3 rings (SSSR count). The molecule has 0 aromatic heterocycles. The second-order valence-corrected chi connectivity index (χ2v) is 10.8. The van der Waals surface area contributed by atoms with Crippen LogP contribution < -0.4 is 10.1 Å². The van der Waals surface area contributed by atoms with Gasteiger partial charge in [0.15, 0.2) is 0 Å². The maximum absolute atomic E-state index is 13.1. The fourth-order valence-electron chi connectivity index (χ4n) is 6.39. The van der Waals surface area contributed by atoms with Crippen molar-refractivity contribution in [1.82, 2.24) is 4.90 Å². The Morgan fingerprint density at radius 2 is 1.82 bits per heavy atom. The van der Waals surface area contributed by atoms with Crippen LogP contribution in [0, 0.1) is 22.7 Å². The number of para-hydroxylation sites is 2. The van der Waals surface area contributed by atoms with Crippen molar-refractivity contribution in [2.75, 3.05) is 31.6 Å². The molecule has 0 saturated heterocycles. The van der Waals surface area contributed by atoms with Crippen molar-refractivity contribution in [2.45, 2.75) is 86.2 Å². The minimum atomic E-state index is -0.365. The molecule has 2 aliphatic carbocycles. The Labute approximate surface area is 201 Å². The monoisotopic (exact) mass is 458 g/mol. The summed E-state index contributed by atoms with van der Waals surface area (Å²) in [5.74, 6) is 1.67. The quantitative estimate of drug-likeness (QED) is 0.343. The van der Waals surface area contributed by atoms with Crippen LogP contribution in [0.3, 0.4) is 0 Å². The van der Waals surface area contributed by atoms with Crippen molar-refractivity contribution >= 4 is 11.8 Å². The Hall–Kier alpha value is -1.75. The Balaban J connectivity index is 1.68. The number of hydrogen-bond acceptors (Lipinski definition) is 4. The summed E-state index contributed by atoms with van der Waals surface area (Å²) in [5.41, 5.74) is 0.850. The first-order chi connectivity index (χ1) is 15.8. The lowest BCUT2D eigenvalue weighted by atomic mass is 9.70. The topological polar surface area (TPSA) is 50.8 Å². The third kappa shape index (κ3) is 5.34. The van der Waals surface area contributed by atoms with Gasteiger partial charge < -0.3 is 14.4 Å². The number of ether oxygens (including phenoxy) is 2. The fourth-order valence-corrected chi connectivity index (χ4v) is 6.39. The van der Waals surface area contributed by atoms with E-state index in [2.05, 4.69) is 51.8 Å². The summed E-state index contributed by atoms with van der Waals surface area (Å²) in [6.45, 7) is 17.4. The van der Waals surface area contributed by atoms with E-state index in [1.54, 1.807) is 0 Å². The first kappa shape index (κ1) is 25.9. The summed E-state index contributed by atoms with van der Waals surface area (Å²) in [7, 11) is 0. The zero-order chi connectivity index (χ0) is 24.1. The molecule has 0 heterocycles. The fraction of sp³-hybridized carbons (Fsp3) is 0.750. The highest BCUT2D eigenvalue weighted by Crippen LogP contribution is 2.68. The minimum Gasteiger partial charge on any atom is -0.491 e. The first-order valence-corrected chi connectivity index (χ1v) is 13.2. The standard InChI is InChI=1S/C28H46N2O3/c1-7-10-11-14-19-32-24-16-13-12-15-23(24)29-26(31)33-25-21(20-30(8-2)9-3)22-17-18-28(25,6)27(22,4)5/h12-13,15-16,21-22,25H,7-11,14,17-20H2,1-6H3,(H,29,31)/t21-,22+,25-,28-/m1/s1. The van der Waals surface area contributed by atoms with E-state index < -0.39 is 0 Å². The van der Waals surface area contributed by atoms with Crippen molar-refractivity contribution in [3.05, 3.63) is 24.3 Å². The van der Waals surface area contributed by atoms with Crippen LogP contribution in [0.15, 0.2) is 24.3 Å². The van der Waals surface area contributed by atoms with Crippen LogP contribution in [0.25, 0.3) is 0 Å². The van der Waals surface area contributed by atoms with Crippen LogP contribution in [-0.2, 0) is 4.74 Å². The zero-order valence-electron chi connectivity index (χ0n) is 21.8. The normalized spacial score (nSPS) is 27.7. The van der Waals surface area contributed by atoms with E-state index in [1.807, 2.05) is 24.3 Å². The summed E-state index contributed by atoms with van der Waals surface area (Å²) < 4.78 is 12.3. The number of unbranched alkanes of at least 4 members (excludes halogenated alkanes) is 3. The first-order valence-electron chi connectivity index (χ1n) is 13.2. The number of hydrogen-bond donors (Lipinski definition) is 1. The van der Waals surface area contributed by atoms with Crippen molar-refractivity contribution < 1.29 is 14.3 Å². The SMILES string of the molecule is CCCCCCOc1ccccc1NC(=O)O[C@@H]1[C@H](CN(CC)CC)[C@@H]2CC[C@@]1(C)C2(C)C. The van der Waals surface area contributed by atoms with Gasteiger partial charge in [-0.3, -0.25) is 5.32 Å². The van der Waals surface area contributed by atoms with Crippen molar-refractivity contribution in [1.29, 1.82) is 0 Å². The van der Waals surface area contributed by atoms with E-state index in [4.69, 9.17) is 9.47 Å². The summed E-state index contributed by atoms with van der Waals surface area (Å²) in [4.78, 5) is 15.6. The molecule has 2 fully saturated rings. The lowest BCUT2D eigenvalue weighted by molar-refractivity contribution is -0.0258. The van der Waals surface area contributed by atoms with Crippen LogP contribution in [-0.4, -0.2) is 43.3 Å². The van der Waals surface area contributed by atoms with Gasteiger partial charge in [0.2, 0.25) is 0 Å². The van der Waals surface area contributed by atoms with Crippen molar-refractivity contribution in [3.63, 3.8) is 0 Å². The molecule has 2 aliphatic rings. The molecule has 5 heteroatoms. The highest BCUT2D eigenvalue weighted by molar-refractivity contribution is 5.86. The van der Waals surface area contributed by atoms with Crippen molar-refractivity contribution in [3.8, 4) is 5.75 Å². The van der Waals surface area contributed by atoms with Gasteiger partial charge in [-0.15, -0.1) is 0 Å². The molecule has 1 amide bonds. The number of fused-ring (bicyclic) bond motifs is 2. The highest BCUT2D eigenvalue weighted by atomic mass is 16.6. The number of benzene rings is 1. The summed E-state index contributed by atoms with van der Waals surface area (Å²) in [5, 5.41) is 3.00. The average Bonchev–Trinajstić information content (AvgIpc) is 3.11. The third-order valence-corrected chi connectivity index (χ3v) is 8.88. The molecule has 33 heavy (non-hydrogen) atoms. The van der Waals surface area contributed by atoms with Gasteiger partial charge in [0.05, 0.1) is 12.3 Å². The molecule has 0 aliphatic heterocycles. The molecule has 2 bridgehead atoms. The lowest BCUT2D eigenvalue weighted by Gasteiger charge is -2.40. The molecule has 186 valence electrons. The predicted molar refractivity (Wildman–Crippen MR) is 136 cm³/mol. The summed E-state index contributed by atoms with van der Waals surface area (Å²) >= 11 is 0. The Morgan fingerprint density at radius 3 is 2.52 bits per heavy atom.